The molecule has 0 atom stereocenters. The highest BCUT2D eigenvalue weighted by Crippen LogP contribution is 2.29. The molecule has 3 amide bonds. The van der Waals surface area contributed by atoms with Crippen LogP contribution in [0.25, 0.3) is 17.3 Å². The number of non-ortho nitro benzene ring substituents is 1. The Labute approximate surface area is 289 Å². The number of methoxy groups -OCH3 is 2. The van der Waals surface area contributed by atoms with Crippen LogP contribution < -0.4 is 25.4 Å². The molecule has 0 bridgehead atoms. The number of amides is 3. The summed E-state index contributed by atoms with van der Waals surface area (Å²) in [4.78, 5) is 54.9. The number of nitro groups is 1. The first-order valence-corrected chi connectivity index (χ1v) is 16.4. The number of hydrogen-bond donors (Lipinski definition) is 3. The first kappa shape index (κ1) is 34.3. The van der Waals surface area contributed by atoms with E-state index in [1.165, 1.54) is 55.5 Å². The molecular formula is C35H29N5O7S2. The van der Waals surface area contributed by atoms with Crippen LogP contribution >= 0.6 is 23.1 Å². The predicted molar refractivity (Wildman–Crippen MR) is 190 cm³/mol. The Morgan fingerprint density at radius 2 is 1.69 bits per heavy atom. The number of hydrogen-bond acceptors (Lipinski definition) is 10. The topological polar surface area (TPSA) is 162 Å². The van der Waals surface area contributed by atoms with Crippen molar-refractivity contribution in [2.75, 3.05) is 30.6 Å². The highest BCUT2D eigenvalue weighted by molar-refractivity contribution is 8.00. The minimum absolute atomic E-state index is 0.0219. The molecule has 0 saturated heterocycles. The lowest BCUT2D eigenvalue weighted by molar-refractivity contribution is -0.384. The summed E-state index contributed by atoms with van der Waals surface area (Å²) >= 11 is 2.51. The van der Waals surface area contributed by atoms with Crippen LogP contribution in [0.3, 0.4) is 0 Å². The zero-order valence-electron chi connectivity index (χ0n) is 26.2. The smallest absolute Gasteiger partial charge is 0.272 e. The van der Waals surface area contributed by atoms with Crippen LogP contribution in [-0.4, -0.2) is 47.6 Å². The van der Waals surface area contributed by atoms with E-state index in [1.54, 1.807) is 90.3 Å². The number of aromatic nitrogens is 1. The molecule has 49 heavy (non-hydrogen) atoms. The largest absolute Gasteiger partial charge is 0.497 e. The number of anilines is 2. The Bertz CT molecular complexity index is 2010. The van der Waals surface area contributed by atoms with E-state index < -0.39 is 16.7 Å². The van der Waals surface area contributed by atoms with Crippen molar-refractivity contribution in [2.24, 2.45) is 0 Å². The number of carbonyl (C=O) groups excluding carboxylic acids is 3. The van der Waals surface area contributed by atoms with Crippen molar-refractivity contribution in [2.45, 2.75) is 4.90 Å². The van der Waals surface area contributed by atoms with Gasteiger partial charge in [0.2, 0.25) is 5.91 Å². The lowest BCUT2D eigenvalue weighted by Crippen LogP contribution is -2.30. The molecule has 12 nitrogen and oxygen atoms in total. The summed E-state index contributed by atoms with van der Waals surface area (Å²) in [6, 6.07) is 26.7. The SMILES string of the molecule is COc1ccc(OC)c(/C=C(\NC(=O)c2ccccc2)C(=O)Nc2ccc(SCC(=O)Nc3nc(-c4cccc([N+](=O)[O-])c4)cs3)cc2)c1. The Balaban J connectivity index is 1.22. The van der Waals surface area contributed by atoms with E-state index in [1.807, 2.05) is 0 Å². The van der Waals surface area contributed by atoms with Gasteiger partial charge in [0.15, 0.2) is 5.13 Å². The van der Waals surface area contributed by atoms with Crippen LogP contribution in [0.15, 0.2) is 113 Å². The number of ether oxygens (including phenoxy) is 2. The van der Waals surface area contributed by atoms with Gasteiger partial charge in [0.1, 0.15) is 17.2 Å². The van der Waals surface area contributed by atoms with Gasteiger partial charge in [-0.05, 0) is 60.7 Å². The Morgan fingerprint density at radius 3 is 2.41 bits per heavy atom. The lowest BCUT2D eigenvalue weighted by Gasteiger charge is -2.13. The number of nitro benzene ring substituents is 1. The van der Waals surface area contributed by atoms with Gasteiger partial charge in [-0.25, -0.2) is 4.98 Å². The molecule has 0 radical (unpaired) electrons. The van der Waals surface area contributed by atoms with Gasteiger partial charge in [-0.2, -0.15) is 0 Å². The molecule has 0 fully saturated rings. The summed E-state index contributed by atoms with van der Waals surface area (Å²) in [7, 11) is 3.03. The maximum Gasteiger partial charge on any atom is 0.272 e. The molecule has 248 valence electrons. The van der Waals surface area contributed by atoms with E-state index in [9.17, 15) is 24.5 Å². The Kier molecular flexibility index (Phi) is 11.4. The highest BCUT2D eigenvalue weighted by Gasteiger charge is 2.17. The third-order valence-corrected chi connectivity index (χ3v) is 8.62. The van der Waals surface area contributed by atoms with Crippen LogP contribution in [0.4, 0.5) is 16.5 Å². The molecular weight excluding hydrogens is 667 g/mol. The van der Waals surface area contributed by atoms with Gasteiger partial charge in [0.05, 0.1) is 30.6 Å². The van der Waals surface area contributed by atoms with Crippen LogP contribution in [0.5, 0.6) is 11.5 Å². The second-order valence-electron chi connectivity index (χ2n) is 10.1. The van der Waals surface area contributed by atoms with Crippen LogP contribution in [-0.2, 0) is 9.59 Å². The Hall–Kier alpha value is -5.99. The van der Waals surface area contributed by atoms with Crippen molar-refractivity contribution in [3.63, 3.8) is 0 Å². The molecule has 14 heteroatoms. The number of benzene rings is 4. The zero-order valence-corrected chi connectivity index (χ0v) is 27.8. The summed E-state index contributed by atoms with van der Waals surface area (Å²) in [6.45, 7) is 0. The average Bonchev–Trinajstić information content (AvgIpc) is 3.59. The molecule has 0 spiro atoms. The molecule has 1 aromatic heterocycles. The quantitative estimate of drug-likeness (QED) is 0.0516. The first-order chi connectivity index (χ1) is 23.7. The number of nitrogens with zero attached hydrogens (tertiary/aromatic N) is 2. The van der Waals surface area contributed by atoms with E-state index in [0.717, 1.165) is 4.90 Å². The van der Waals surface area contributed by atoms with Crippen LogP contribution in [0.1, 0.15) is 15.9 Å². The van der Waals surface area contributed by atoms with Crippen molar-refractivity contribution in [3.05, 3.63) is 129 Å². The normalized spacial score (nSPS) is 10.9. The summed E-state index contributed by atoms with van der Waals surface area (Å²) in [6.07, 6.45) is 1.51. The molecule has 5 rings (SSSR count). The van der Waals surface area contributed by atoms with Crippen molar-refractivity contribution in [1.29, 1.82) is 0 Å². The maximum absolute atomic E-state index is 13.5. The number of thioether (sulfide) groups is 1. The summed E-state index contributed by atoms with van der Waals surface area (Å²) < 4.78 is 10.8. The summed E-state index contributed by atoms with van der Waals surface area (Å²) in [5.41, 5.74) is 2.39. The average molecular weight is 696 g/mol. The van der Waals surface area contributed by atoms with Crippen molar-refractivity contribution in [3.8, 4) is 22.8 Å². The number of nitrogens with one attached hydrogen (secondary N) is 3. The number of carbonyl (C=O) groups is 3. The molecule has 1 heterocycles. The molecule has 5 aromatic rings. The van der Waals surface area contributed by atoms with E-state index in [4.69, 9.17) is 9.47 Å². The van der Waals surface area contributed by atoms with Crippen LogP contribution in [0.2, 0.25) is 0 Å². The molecule has 0 aliphatic heterocycles. The monoisotopic (exact) mass is 695 g/mol. The Morgan fingerprint density at radius 1 is 0.918 bits per heavy atom. The first-order valence-electron chi connectivity index (χ1n) is 14.6. The second-order valence-corrected chi connectivity index (χ2v) is 12.1. The molecule has 4 aromatic carbocycles. The van der Waals surface area contributed by atoms with Gasteiger partial charge in [-0.15, -0.1) is 23.1 Å². The van der Waals surface area contributed by atoms with E-state index in [0.29, 0.717) is 44.7 Å². The van der Waals surface area contributed by atoms with Gasteiger partial charge in [0.25, 0.3) is 17.5 Å². The number of rotatable bonds is 13. The van der Waals surface area contributed by atoms with Crippen molar-refractivity contribution in [1.82, 2.24) is 10.3 Å². The minimum Gasteiger partial charge on any atom is -0.497 e. The third kappa shape index (κ3) is 9.31. The van der Waals surface area contributed by atoms with Crippen molar-refractivity contribution >= 4 is 63.4 Å². The minimum atomic E-state index is -0.568. The van der Waals surface area contributed by atoms with Gasteiger partial charge in [-0.1, -0.05) is 30.3 Å². The molecule has 0 aliphatic carbocycles. The molecule has 0 saturated carbocycles. The van der Waals surface area contributed by atoms with Crippen LogP contribution in [0, 0.1) is 10.1 Å². The van der Waals surface area contributed by atoms with Gasteiger partial charge < -0.3 is 25.4 Å². The second kappa shape index (κ2) is 16.2. The molecule has 3 N–H and O–H groups in total. The van der Waals surface area contributed by atoms with E-state index in [-0.39, 0.29) is 23.0 Å². The fourth-order valence-corrected chi connectivity index (χ4v) is 5.86. The molecule has 0 aliphatic rings. The standard InChI is InChI=1S/C35H29N5O7S2/c1-46-27-13-16-31(47-2)24(18-27)19-29(37-33(42)22-7-4-3-5-8-22)34(43)36-25-11-14-28(15-12-25)48-21-32(41)39-35-38-30(20-49-35)23-9-6-10-26(17-23)40(44)45/h3-20H,21H2,1-2H3,(H,36,43)(H,37,42)(H,38,39,41)/b29-19-. The highest BCUT2D eigenvalue weighted by atomic mass is 32.2. The number of thiazole rings is 1. The third-order valence-electron chi connectivity index (χ3n) is 6.85. The summed E-state index contributed by atoms with van der Waals surface area (Å²) in [5, 5.41) is 21.4. The van der Waals surface area contributed by atoms with Gasteiger partial charge in [0, 0.05) is 44.8 Å². The lowest BCUT2D eigenvalue weighted by atomic mass is 10.1. The fourth-order valence-electron chi connectivity index (χ4n) is 4.43. The zero-order chi connectivity index (χ0) is 34.8. The predicted octanol–water partition coefficient (Wildman–Crippen LogP) is 6.88. The maximum atomic E-state index is 13.5. The van der Waals surface area contributed by atoms with E-state index in [2.05, 4.69) is 20.9 Å². The van der Waals surface area contributed by atoms with Gasteiger partial charge >= 0.3 is 0 Å². The summed E-state index contributed by atoms with van der Waals surface area (Å²) in [5.74, 6) is -0.200. The fraction of sp³-hybridized carbons (Fsp3) is 0.0857. The molecule has 0 unspecified atom stereocenters. The van der Waals surface area contributed by atoms with Crippen molar-refractivity contribution < 1.29 is 28.8 Å². The van der Waals surface area contributed by atoms with Gasteiger partial charge in [-0.3, -0.25) is 24.5 Å². The van der Waals surface area contributed by atoms with E-state index >= 15 is 0 Å².